The molecule has 0 aliphatic heterocycles. The van der Waals surface area contributed by atoms with Gasteiger partial charge in [0, 0.05) is 28.1 Å². The van der Waals surface area contributed by atoms with Crippen molar-refractivity contribution in [3.63, 3.8) is 0 Å². The molecule has 0 atom stereocenters. The molecule has 6 nitrogen and oxygen atoms in total. The molecule has 0 bridgehead atoms. The number of nitriles is 2. The SMILES string of the molecule is N#Cc1c(Cl)nc(SCc2coc(-c3ccc(Cl)cc3)n2)c(C#N)c1-c1cncs1. The van der Waals surface area contributed by atoms with Crippen molar-refractivity contribution >= 4 is 46.3 Å². The van der Waals surface area contributed by atoms with Crippen LogP contribution in [0.25, 0.3) is 21.9 Å². The van der Waals surface area contributed by atoms with Crippen molar-refractivity contribution in [3.8, 4) is 34.0 Å². The molecule has 0 N–H and O–H groups in total. The van der Waals surface area contributed by atoms with Gasteiger partial charge in [-0.15, -0.1) is 11.3 Å². The number of benzene rings is 1. The van der Waals surface area contributed by atoms with Gasteiger partial charge in [-0.3, -0.25) is 4.98 Å². The van der Waals surface area contributed by atoms with Crippen molar-refractivity contribution in [2.24, 2.45) is 0 Å². The van der Waals surface area contributed by atoms with Crippen molar-refractivity contribution in [3.05, 3.63) is 69.2 Å². The highest BCUT2D eigenvalue weighted by Gasteiger charge is 2.22. The van der Waals surface area contributed by atoms with Crippen LogP contribution in [0.3, 0.4) is 0 Å². The summed E-state index contributed by atoms with van der Waals surface area (Å²) in [5.41, 5.74) is 4.01. The Morgan fingerprint density at radius 3 is 2.50 bits per heavy atom. The fraction of sp³-hybridized carbons (Fsp3) is 0.0500. The summed E-state index contributed by atoms with van der Waals surface area (Å²) in [6.45, 7) is 0. The molecule has 146 valence electrons. The lowest BCUT2D eigenvalue weighted by Gasteiger charge is -2.10. The minimum atomic E-state index is 0.0457. The average molecular weight is 470 g/mol. The van der Waals surface area contributed by atoms with Crippen LogP contribution < -0.4 is 0 Å². The summed E-state index contributed by atoms with van der Waals surface area (Å²) in [6.07, 6.45) is 3.15. The second-order valence-corrected chi connectivity index (χ2v) is 8.51. The molecule has 4 rings (SSSR count). The molecule has 1 aromatic carbocycles. The zero-order valence-electron chi connectivity index (χ0n) is 15.0. The number of nitrogens with zero attached hydrogens (tertiary/aromatic N) is 5. The Labute approximate surface area is 189 Å². The molecule has 0 saturated carbocycles. The van der Waals surface area contributed by atoms with Crippen LogP contribution >= 0.6 is 46.3 Å². The largest absolute Gasteiger partial charge is 0.444 e. The van der Waals surface area contributed by atoms with E-state index in [0.29, 0.717) is 37.8 Å². The van der Waals surface area contributed by atoms with Crippen molar-refractivity contribution in [1.29, 1.82) is 10.5 Å². The third-order valence-corrected chi connectivity index (χ3v) is 6.35. The first-order chi connectivity index (χ1) is 14.6. The van der Waals surface area contributed by atoms with Crippen molar-refractivity contribution < 1.29 is 4.42 Å². The van der Waals surface area contributed by atoms with E-state index in [0.717, 1.165) is 5.56 Å². The fourth-order valence-electron chi connectivity index (χ4n) is 2.67. The summed E-state index contributed by atoms with van der Waals surface area (Å²) in [4.78, 5) is 13.5. The van der Waals surface area contributed by atoms with Gasteiger partial charge in [0.05, 0.1) is 27.2 Å². The number of rotatable bonds is 5. The maximum Gasteiger partial charge on any atom is 0.226 e. The molecule has 3 heterocycles. The molecule has 3 aromatic heterocycles. The highest BCUT2D eigenvalue weighted by Crippen LogP contribution is 2.38. The highest BCUT2D eigenvalue weighted by molar-refractivity contribution is 7.98. The van der Waals surface area contributed by atoms with E-state index >= 15 is 0 Å². The Hall–Kier alpha value is -2.88. The maximum absolute atomic E-state index is 9.76. The minimum Gasteiger partial charge on any atom is -0.444 e. The van der Waals surface area contributed by atoms with Crippen LogP contribution in [0, 0.1) is 22.7 Å². The Balaban J connectivity index is 1.64. The van der Waals surface area contributed by atoms with E-state index in [9.17, 15) is 10.5 Å². The molecule has 0 unspecified atom stereocenters. The normalized spacial score (nSPS) is 10.5. The Bertz CT molecular complexity index is 1290. The predicted molar refractivity (Wildman–Crippen MR) is 116 cm³/mol. The zero-order valence-corrected chi connectivity index (χ0v) is 18.1. The molecule has 0 amide bonds. The lowest BCUT2D eigenvalue weighted by atomic mass is 10.0. The van der Waals surface area contributed by atoms with Gasteiger partial charge in [-0.2, -0.15) is 10.5 Å². The van der Waals surface area contributed by atoms with Gasteiger partial charge in [0.2, 0.25) is 5.89 Å². The van der Waals surface area contributed by atoms with Gasteiger partial charge in [0.1, 0.15) is 28.6 Å². The van der Waals surface area contributed by atoms with E-state index in [4.69, 9.17) is 27.6 Å². The number of aromatic nitrogens is 3. The summed E-state index contributed by atoms with van der Waals surface area (Å²) >= 11 is 14.8. The van der Waals surface area contributed by atoms with E-state index in [-0.39, 0.29) is 16.3 Å². The molecule has 10 heteroatoms. The van der Waals surface area contributed by atoms with Gasteiger partial charge < -0.3 is 4.42 Å². The summed E-state index contributed by atoms with van der Waals surface area (Å²) in [6, 6.07) is 11.4. The van der Waals surface area contributed by atoms with Crippen LogP contribution in [0.1, 0.15) is 16.8 Å². The van der Waals surface area contributed by atoms with Gasteiger partial charge in [0.15, 0.2) is 0 Å². The van der Waals surface area contributed by atoms with E-state index in [2.05, 4.69) is 21.0 Å². The monoisotopic (exact) mass is 469 g/mol. The number of thioether (sulfide) groups is 1. The Kier molecular flexibility index (Phi) is 6.03. The van der Waals surface area contributed by atoms with Crippen LogP contribution in [0.15, 0.2) is 51.7 Å². The smallest absolute Gasteiger partial charge is 0.226 e. The predicted octanol–water partition coefficient (Wildman–Crippen LogP) is 6.20. The zero-order chi connectivity index (χ0) is 21.1. The lowest BCUT2D eigenvalue weighted by Crippen LogP contribution is -1.98. The van der Waals surface area contributed by atoms with Crippen molar-refractivity contribution in [2.45, 2.75) is 10.8 Å². The van der Waals surface area contributed by atoms with Crippen LogP contribution in [0.2, 0.25) is 10.2 Å². The third kappa shape index (κ3) is 4.04. The van der Waals surface area contributed by atoms with Crippen LogP contribution in [0.5, 0.6) is 0 Å². The van der Waals surface area contributed by atoms with Crippen LogP contribution in [-0.4, -0.2) is 15.0 Å². The minimum absolute atomic E-state index is 0.0457. The molecule has 0 aliphatic rings. The molecular formula is C20H9Cl2N5OS2. The lowest BCUT2D eigenvalue weighted by molar-refractivity contribution is 0.573. The first-order valence-electron chi connectivity index (χ1n) is 8.36. The highest BCUT2D eigenvalue weighted by atomic mass is 35.5. The number of hydrogen-bond donors (Lipinski definition) is 0. The van der Waals surface area contributed by atoms with Gasteiger partial charge in [-0.25, -0.2) is 9.97 Å². The summed E-state index contributed by atoms with van der Waals surface area (Å²) in [5, 5.41) is 20.4. The molecular weight excluding hydrogens is 461 g/mol. The topological polar surface area (TPSA) is 99.4 Å². The van der Waals surface area contributed by atoms with Crippen molar-refractivity contribution in [2.75, 3.05) is 0 Å². The number of thiazole rings is 1. The van der Waals surface area contributed by atoms with Crippen LogP contribution in [0.4, 0.5) is 0 Å². The molecule has 0 fully saturated rings. The number of halogens is 2. The summed E-state index contributed by atoms with van der Waals surface area (Å²) < 4.78 is 5.55. The average Bonchev–Trinajstić information content (AvgIpc) is 3.44. The maximum atomic E-state index is 9.76. The second-order valence-electron chi connectivity index (χ2n) is 5.86. The number of pyridine rings is 1. The van der Waals surface area contributed by atoms with Crippen LogP contribution in [-0.2, 0) is 5.75 Å². The fourth-order valence-corrected chi connectivity index (χ4v) is 4.61. The van der Waals surface area contributed by atoms with Crippen molar-refractivity contribution in [1.82, 2.24) is 15.0 Å². The Morgan fingerprint density at radius 1 is 1.07 bits per heavy atom. The van der Waals surface area contributed by atoms with E-state index in [1.54, 1.807) is 30.1 Å². The molecule has 0 spiro atoms. The first-order valence-corrected chi connectivity index (χ1v) is 11.0. The molecule has 0 aliphatic carbocycles. The van der Waals surface area contributed by atoms with E-state index < -0.39 is 0 Å². The van der Waals surface area contributed by atoms with E-state index in [1.807, 2.05) is 18.2 Å². The summed E-state index contributed by atoms with van der Waals surface area (Å²) in [7, 11) is 0. The van der Waals surface area contributed by atoms with Gasteiger partial charge in [-0.05, 0) is 24.3 Å². The summed E-state index contributed by atoms with van der Waals surface area (Å²) in [5.74, 6) is 0.877. The quantitative estimate of drug-likeness (QED) is 0.253. The molecule has 0 saturated heterocycles. The Morgan fingerprint density at radius 2 is 1.83 bits per heavy atom. The third-order valence-electron chi connectivity index (χ3n) is 4.02. The van der Waals surface area contributed by atoms with Gasteiger partial charge >= 0.3 is 0 Å². The molecule has 30 heavy (non-hydrogen) atoms. The van der Waals surface area contributed by atoms with Gasteiger partial charge in [0.25, 0.3) is 0 Å². The van der Waals surface area contributed by atoms with E-state index in [1.165, 1.54) is 23.1 Å². The second kappa shape index (κ2) is 8.86. The first kappa shape index (κ1) is 20.4. The number of hydrogen-bond acceptors (Lipinski definition) is 8. The molecule has 0 radical (unpaired) electrons. The van der Waals surface area contributed by atoms with Gasteiger partial charge in [-0.1, -0.05) is 35.0 Å². The number of oxazole rings is 1. The molecule has 4 aromatic rings. The standard InChI is InChI=1S/C20H9Cl2N5OS2/c21-12-3-1-11(2-4-12)19-26-13(8-28-19)9-29-20-15(6-24)17(16-7-25-10-30-16)14(5-23)18(22)27-20/h1-4,7-8,10H,9H2.